The molecule has 0 spiro atoms. The first-order valence-electron chi connectivity index (χ1n) is 11.7. The van der Waals surface area contributed by atoms with E-state index in [0.717, 1.165) is 30.5 Å². The van der Waals surface area contributed by atoms with Crippen LogP contribution in [0.1, 0.15) is 20.8 Å². The van der Waals surface area contributed by atoms with Crippen molar-refractivity contribution < 1.29 is 32.2 Å². The van der Waals surface area contributed by atoms with Crippen LogP contribution in [0.3, 0.4) is 0 Å². The van der Waals surface area contributed by atoms with Gasteiger partial charge in [0.05, 0.1) is 17.1 Å². The Labute approximate surface area is 214 Å². The zero-order chi connectivity index (χ0) is 26.2. The molecule has 1 aliphatic rings. The molecule has 0 atom stereocenters. The van der Waals surface area contributed by atoms with Gasteiger partial charge in [-0.25, -0.2) is 0 Å². The van der Waals surface area contributed by atoms with Crippen LogP contribution in [0.5, 0.6) is 11.5 Å². The molecule has 3 aromatic carbocycles. The molecule has 0 aliphatic carbocycles. The first-order chi connectivity index (χ1) is 17.7. The minimum atomic E-state index is -4.68. The fourth-order valence-electron chi connectivity index (χ4n) is 4.55. The number of phenols is 1. The number of ketones is 1. The Hall–Kier alpha value is -3.43. The van der Waals surface area contributed by atoms with E-state index in [1.54, 1.807) is 30.3 Å². The summed E-state index contributed by atoms with van der Waals surface area (Å²) in [6, 6.07) is 16.4. The second kappa shape index (κ2) is 10.1. The number of hydrogen-bond donors (Lipinski definition) is 1. The van der Waals surface area contributed by atoms with Crippen LogP contribution in [-0.4, -0.2) is 48.7 Å². The van der Waals surface area contributed by atoms with Crippen molar-refractivity contribution in [2.45, 2.75) is 6.18 Å². The zero-order valence-electron chi connectivity index (χ0n) is 19.6. The van der Waals surface area contributed by atoms with Crippen molar-refractivity contribution in [2.75, 3.05) is 32.9 Å². The highest BCUT2D eigenvalue weighted by Crippen LogP contribution is 2.43. The van der Waals surface area contributed by atoms with Gasteiger partial charge in [0.1, 0.15) is 18.1 Å². The molecule has 1 aliphatic heterocycles. The number of likely N-dealkylation sites (tertiary alicyclic amines) is 1. The lowest BCUT2D eigenvalue weighted by molar-refractivity contribution is -0.137. The van der Waals surface area contributed by atoms with Gasteiger partial charge in [-0.2, -0.15) is 13.2 Å². The van der Waals surface area contributed by atoms with Crippen molar-refractivity contribution in [1.29, 1.82) is 0 Å². The second-order valence-electron chi connectivity index (χ2n) is 9.01. The molecule has 4 aromatic rings. The molecule has 1 fully saturated rings. The van der Waals surface area contributed by atoms with Gasteiger partial charge >= 0.3 is 6.18 Å². The van der Waals surface area contributed by atoms with Crippen LogP contribution >= 0.6 is 11.3 Å². The number of alkyl halides is 4. The second-order valence-corrected chi connectivity index (χ2v) is 10.1. The summed E-state index contributed by atoms with van der Waals surface area (Å²) in [6.07, 6.45) is -4.68. The SMILES string of the molecule is O=C(c1ccccc1C(F)(F)F)c1sc2cc(O)ccc2c1-c1ccc(OCCN2CC(CF)C2)cc1. The number of rotatable bonds is 8. The topological polar surface area (TPSA) is 49.8 Å². The summed E-state index contributed by atoms with van der Waals surface area (Å²) in [5, 5.41) is 10.6. The summed E-state index contributed by atoms with van der Waals surface area (Å²) in [4.78, 5) is 15.8. The fourth-order valence-corrected chi connectivity index (χ4v) is 5.76. The van der Waals surface area contributed by atoms with Crippen molar-refractivity contribution >= 4 is 27.2 Å². The number of hydrogen-bond acceptors (Lipinski definition) is 5. The lowest BCUT2D eigenvalue weighted by Crippen LogP contribution is -2.49. The van der Waals surface area contributed by atoms with E-state index in [4.69, 9.17) is 4.74 Å². The number of thiophene rings is 1. The Kier molecular flexibility index (Phi) is 6.92. The molecule has 1 aromatic heterocycles. The van der Waals surface area contributed by atoms with Gasteiger partial charge in [0.15, 0.2) is 0 Å². The highest BCUT2D eigenvalue weighted by molar-refractivity contribution is 7.21. The average Bonchev–Trinajstić information content (AvgIpc) is 3.23. The van der Waals surface area contributed by atoms with Gasteiger partial charge in [-0.3, -0.25) is 14.1 Å². The Morgan fingerprint density at radius 1 is 1.05 bits per heavy atom. The monoisotopic (exact) mass is 529 g/mol. The molecule has 0 radical (unpaired) electrons. The molecule has 37 heavy (non-hydrogen) atoms. The molecule has 9 heteroatoms. The molecule has 192 valence electrons. The van der Waals surface area contributed by atoms with E-state index in [1.165, 1.54) is 30.3 Å². The van der Waals surface area contributed by atoms with E-state index in [0.29, 0.717) is 40.1 Å². The fraction of sp³-hybridized carbons (Fsp3) is 0.250. The first kappa shape index (κ1) is 25.2. The van der Waals surface area contributed by atoms with Crippen molar-refractivity contribution in [3.8, 4) is 22.6 Å². The average molecular weight is 530 g/mol. The van der Waals surface area contributed by atoms with Crippen LogP contribution in [0.15, 0.2) is 66.7 Å². The number of nitrogens with zero attached hydrogens (tertiary/aromatic N) is 1. The summed E-state index contributed by atoms with van der Waals surface area (Å²) in [7, 11) is 0. The maximum absolute atomic E-state index is 13.6. The first-order valence-corrected chi connectivity index (χ1v) is 12.5. The van der Waals surface area contributed by atoms with Gasteiger partial charge < -0.3 is 9.84 Å². The number of fused-ring (bicyclic) bond motifs is 1. The molecule has 1 saturated heterocycles. The van der Waals surface area contributed by atoms with Crippen LogP contribution < -0.4 is 4.74 Å². The molecule has 0 bridgehead atoms. The lowest BCUT2D eigenvalue weighted by atomic mass is 9.96. The number of carbonyl (C=O) groups is 1. The smallest absolute Gasteiger partial charge is 0.417 e. The molecule has 0 saturated carbocycles. The van der Waals surface area contributed by atoms with Crippen LogP contribution in [0.4, 0.5) is 17.6 Å². The normalized spacial score (nSPS) is 14.6. The number of halogens is 4. The highest BCUT2D eigenvalue weighted by atomic mass is 32.1. The van der Waals surface area contributed by atoms with Gasteiger partial charge in [-0.15, -0.1) is 11.3 Å². The van der Waals surface area contributed by atoms with Gasteiger partial charge in [0.25, 0.3) is 0 Å². The highest BCUT2D eigenvalue weighted by Gasteiger charge is 2.36. The van der Waals surface area contributed by atoms with Crippen molar-refractivity contribution in [1.82, 2.24) is 4.90 Å². The van der Waals surface area contributed by atoms with Gasteiger partial charge in [-0.05, 0) is 42.0 Å². The molecule has 0 amide bonds. The number of benzene rings is 3. The van der Waals surface area contributed by atoms with E-state index in [9.17, 15) is 27.5 Å². The number of ether oxygens (including phenoxy) is 1. The maximum Gasteiger partial charge on any atom is 0.417 e. The van der Waals surface area contributed by atoms with Crippen LogP contribution in [0, 0.1) is 5.92 Å². The van der Waals surface area contributed by atoms with Crippen molar-refractivity contribution in [3.63, 3.8) is 0 Å². The van der Waals surface area contributed by atoms with Gasteiger partial charge in [-0.1, -0.05) is 30.3 Å². The summed E-state index contributed by atoms with van der Waals surface area (Å²) < 4.78 is 59.9. The van der Waals surface area contributed by atoms with Crippen molar-refractivity contribution in [3.05, 3.63) is 82.7 Å². The number of aromatic hydroxyl groups is 1. The van der Waals surface area contributed by atoms with Crippen LogP contribution in [0.2, 0.25) is 0 Å². The largest absolute Gasteiger partial charge is 0.508 e. The third kappa shape index (κ3) is 5.19. The quantitative estimate of drug-likeness (QED) is 0.201. The van der Waals surface area contributed by atoms with Crippen LogP contribution in [-0.2, 0) is 6.18 Å². The molecular formula is C28H23F4NO3S. The zero-order valence-corrected chi connectivity index (χ0v) is 20.4. The van der Waals surface area contributed by atoms with Gasteiger partial charge in [0.2, 0.25) is 5.78 Å². The number of carbonyl (C=O) groups excluding carboxylic acids is 1. The predicted molar refractivity (Wildman–Crippen MR) is 135 cm³/mol. The summed E-state index contributed by atoms with van der Waals surface area (Å²) in [5.41, 5.74) is -0.264. The van der Waals surface area contributed by atoms with E-state index >= 15 is 0 Å². The third-order valence-corrected chi connectivity index (χ3v) is 7.58. The molecular weight excluding hydrogens is 506 g/mol. The predicted octanol–water partition coefficient (Wildman–Crippen LogP) is 6.80. The van der Waals surface area contributed by atoms with E-state index in [1.807, 2.05) is 0 Å². The standard InChI is InChI=1S/C28H23F4NO3S/c29-14-17-15-33(16-17)11-12-36-20-8-5-18(6-9-20)25-22-10-7-19(34)13-24(22)37-27(25)26(35)21-3-1-2-4-23(21)28(30,31)32/h1-10,13,17,34H,11-12,14-16H2. The Morgan fingerprint density at radius 3 is 2.49 bits per heavy atom. The van der Waals surface area contributed by atoms with E-state index < -0.39 is 23.1 Å². The summed E-state index contributed by atoms with van der Waals surface area (Å²) >= 11 is 1.05. The lowest BCUT2D eigenvalue weighted by Gasteiger charge is -2.37. The molecule has 2 heterocycles. The molecule has 5 rings (SSSR count). The maximum atomic E-state index is 13.6. The van der Waals surface area contributed by atoms with E-state index in [2.05, 4.69) is 4.90 Å². The summed E-state index contributed by atoms with van der Waals surface area (Å²) in [5.74, 6) is -0.00993. The Morgan fingerprint density at radius 2 is 1.78 bits per heavy atom. The summed E-state index contributed by atoms with van der Waals surface area (Å²) in [6.45, 7) is 2.29. The number of phenolic OH excluding ortho intramolecular Hbond substituents is 1. The molecule has 1 N–H and O–H groups in total. The minimum Gasteiger partial charge on any atom is -0.508 e. The molecule has 4 nitrogen and oxygen atoms in total. The third-order valence-electron chi connectivity index (χ3n) is 6.43. The Bertz CT molecular complexity index is 1430. The minimum absolute atomic E-state index is 0.00113. The van der Waals surface area contributed by atoms with Crippen LogP contribution in [0.25, 0.3) is 21.2 Å². The Balaban J connectivity index is 1.45. The van der Waals surface area contributed by atoms with Crippen molar-refractivity contribution in [2.24, 2.45) is 5.92 Å². The molecule has 0 unspecified atom stereocenters. The van der Waals surface area contributed by atoms with Gasteiger partial charge in [0, 0.05) is 46.8 Å². The van der Waals surface area contributed by atoms with E-state index in [-0.39, 0.29) is 23.2 Å².